The molecule has 10 heteroatoms. The third-order valence-corrected chi connectivity index (χ3v) is 5.24. The molecule has 7 nitrogen and oxygen atoms in total. The van der Waals surface area contributed by atoms with E-state index < -0.39 is 11.7 Å². The molecule has 1 N–H and O–H groups in total. The fourth-order valence-corrected chi connectivity index (χ4v) is 3.73. The molecule has 1 fully saturated rings. The molecule has 1 saturated heterocycles. The quantitative estimate of drug-likeness (QED) is 0.683. The number of piperidine rings is 1. The van der Waals surface area contributed by atoms with E-state index >= 15 is 0 Å². The lowest BCUT2D eigenvalue weighted by Crippen LogP contribution is -2.45. The fraction of sp³-hybridized carbons (Fsp3) is 0.333. The number of nitrogens with zero attached hydrogens (tertiary/aromatic N) is 5. The minimum Gasteiger partial charge on any atom is -0.366 e. The number of carbonyl (C=O) groups excluding carboxylic acids is 1. The van der Waals surface area contributed by atoms with E-state index in [1.165, 1.54) is 10.9 Å². The first kappa shape index (κ1) is 20.8. The van der Waals surface area contributed by atoms with Gasteiger partial charge < -0.3 is 10.2 Å². The summed E-state index contributed by atoms with van der Waals surface area (Å²) < 4.78 is 38.2. The highest BCUT2D eigenvalue weighted by molar-refractivity contribution is 5.98. The van der Waals surface area contributed by atoms with Crippen LogP contribution in [0.4, 0.5) is 19.0 Å². The Bertz CT molecular complexity index is 1050. The van der Waals surface area contributed by atoms with Crippen molar-refractivity contribution < 1.29 is 18.0 Å². The molecule has 0 unspecified atom stereocenters. The maximum absolute atomic E-state index is 13.3. The van der Waals surface area contributed by atoms with Crippen LogP contribution in [0.25, 0.3) is 5.69 Å². The van der Waals surface area contributed by atoms with Crippen molar-refractivity contribution in [2.24, 2.45) is 0 Å². The van der Waals surface area contributed by atoms with Gasteiger partial charge in [0.15, 0.2) is 0 Å². The number of alkyl halides is 3. The van der Waals surface area contributed by atoms with Crippen LogP contribution >= 0.6 is 0 Å². The number of rotatable bonds is 4. The molecule has 3 aromatic rings. The van der Waals surface area contributed by atoms with Gasteiger partial charge >= 0.3 is 6.18 Å². The largest absolute Gasteiger partial charge is 0.417 e. The molecule has 31 heavy (non-hydrogen) atoms. The number of halogens is 3. The van der Waals surface area contributed by atoms with E-state index in [1.807, 2.05) is 19.1 Å². The molecule has 0 bridgehead atoms. The molecular formula is C21H21F3N6O. The first-order valence-electron chi connectivity index (χ1n) is 9.88. The molecule has 0 saturated carbocycles. The van der Waals surface area contributed by atoms with Gasteiger partial charge in [0.2, 0.25) is 0 Å². The van der Waals surface area contributed by atoms with Crippen LogP contribution < -0.4 is 5.32 Å². The van der Waals surface area contributed by atoms with Crippen molar-refractivity contribution in [3.05, 3.63) is 65.6 Å². The number of hydrogen-bond donors (Lipinski definition) is 1. The van der Waals surface area contributed by atoms with E-state index in [4.69, 9.17) is 0 Å². The Morgan fingerprint density at radius 2 is 1.94 bits per heavy atom. The molecule has 1 atom stereocenters. The van der Waals surface area contributed by atoms with Crippen molar-refractivity contribution in [2.75, 3.05) is 18.4 Å². The van der Waals surface area contributed by atoms with Crippen molar-refractivity contribution in [3.63, 3.8) is 0 Å². The summed E-state index contributed by atoms with van der Waals surface area (Å²) >= 11 is 0. The van der Waals surface area contributed by atoms with Crippen molar-refractivity contribution >= 4 is 11.7 Å². The Labute approximate surface area is 176 Å². The number of amides is 1. The molecular weight excluding hydrogens is 409 g/mol. The van der Waals surface area contributed by atoms with E-state index in [9.17, 15) is 18.0 Å². The zero-order valence-corrected chi connectivity index (χ0v) is 16.8. The standard InChI is InChI=1S/C21H21F3N6O/c1-14-4-2-6-17(19(14)30-26-9-10-27-30)20(31)29-11-3-5-16(13-29)28-18-8-7-15(12-25-18)21(22,23)24/h2,4,6-10,12,16H,3,5,11,13H2,1H3,(H,25,28)/t16-/m1/s1. The first-order chi connectivity index (χ1) is 14.8. The number of nitrogens with one attached hydrogen (secondary N) is 1. The van der Waals surface area contributed by atoms with Crippen LogP contribution in [-0.4, -0.2) is 49.9 Å². The average molecular weight is 430 g/mol. The number of aryl methyl sites for hydroxylation is 1. The van der Waals surface area contributed by atoms with E-state index in [2.05, 4.69) is 20.5 Å². The zero-order chi connectivity index (χ0) is 22.0. The number of pyridine rings is 1. The number of aromatic nitrogens is 4. The number of hydrogen-bond acceptors (Lipinski definition) is 5. The molecule has 1 aliphatic heterocycles. The van der Waals surface area contributed by atoms with Gasteiger partial charge in [0, 0.05) is 25.3 Å². The number of carbonyl (C=O) groups is 1. The van der Waals surface area contributed by atoms with Gasteiger partial charge in [0.05, 0.1) is 23.5 Å². The summed E-state index contributed by atoms with van der Waals surface area (Å²) in [6.45, 7) is 2.91. The van der Waals surface area contributed by atoms with Crippen LogP contribution in [0.2, 0.25) is 0 Å². The van der Waals surface area contributed by atoms with Gasteiger partial charge in [0.1, 0.15) is 11.5 Å². The first-order valence-corrected chi connectivity index (χ1v) is 9.88. The lowest BCUT2D eigenvalue weighted by molar-refractivity contribution is -0.137. The third-order valence-electron chi connectivity index (χ3n) is 5.24. The van der Waals surface area contributed by atoms with Crippen molar-refractivity contribution in [3.8, 4) is 5.69 Å². The van der Waals surface area contributed by atoms with Crippen LogP contribution in [0, 0.1) is 6.92 Å². The summed E-state index contributed by atoms with van der Waals surface area (Å²) in [6, 6.07) is 7.66. The molecule has 1 aromatic carbocycles. The molecule has 1 amide bonds. The second-order valence-electron chi connectivity index (χ2n) is 7.45. The van der Waals surface area contributed by atoms with Gasteiger partial charge in [-0.1, -0.05) is 12.1 Å². The Morgan fingerprint density at radius 3 is 2.61 bits per heavy atom. The van der Waals surface area contributed by atoms with E-state index in [1.54, 1.807) is 23.4 Å². The summed E-state index contributed by atoms with van der Waals surface area (Å²) in [5, 5.41) is 11.5. The van der Waals surface area contributed by atoms with E-state index in [-0.39, 0.29) is 11.9 Å². The molecule has 1 aliphatic rings. The molecule has 3 heterocycles. The average Bonchev–Trinajstić information content (AvgIpc) is 3.27. The van der Waals surface area contributed by atoms with E-state index in [0.29, 0.717) is 30.2 Å². The van der Waals surface area contributed by atoms with Crippen molar-refractivity contribution in [1.82, 2.24) is 24.9 Å². The Morgan fingerprint density at radius 1 is 1.16 bits per heavy atom. The smallest absolute Gasteiger partial charge is 0.366 e. The molecule has 2 aromatic heterocycles. The lowest BCUT2D eigenvalue weighted by atomic mass is 10.0. The lowest BCUT2D eigenvalue weighted by Gasteiger charge is -2.34. The van der Waals surface area contributed by atoms with Gasteiger partial charge in [-0.05, 0) is 43.5 Å². The summed E-state index contributed by atoms with van der Waals surface area (Å²) in [4.78, 5) is 20.4. The maximum Gasteiger partial charge on any atom is 0.417 e. The SMILES string of the molecule is Cc1cccc(C(=O)N2CCC[C@@H](Nc3ccc(C(F)(F)F)cn3)C2)c1-n1nccn1. The van der Waals surface area contributed by atoms with Gasteiger partial charge in [-0.3, -0.25) is 4.79 Å². The summed E-state index contributed by atoms with van der Waals surface area (Å²) in [6.07, 6.45) is 1.05. The van der Waals surface area contributed by atoms with Crippen LogP contribution in [0.5, 0.6) is 0 Å². The number of likely N-dealkylation sites (tertiary alicyclic amines) is 1. The number of para-hydroxylation sites is 1. The zero-order valence-electron chi connectivity index (χ0n) is 16.8. The summed E-state index contributed by atoms with van der Waals surface area (Å²) in [7, 11) is 0. The van der Waals surface area contributed by atoms with Gasteiger partial charge in [-0.2, -0.15) is 28.2 Å². The number of benzene rings is 1. The van der Waals surface area contributed by atoms with Crippen molar-refractivity contribution in [2.45, 2.75) is 32.0 Å². The fourth-order valence-electron chi connectivity index (χ4n) is 3.73. The topological polar surface area (TPSA) is 75.9 Å². The Balaban J connectivity index is 1.49. The highest BCUT2D eigenvalue weighted by Crippen LogP contribution is 2.29. The predicted octanol–water partition coefficient (Wildman–Crippen LogP) is 3.71. The van der Waals surface area contributed by atoms with Crippen LogP contribution in [-0.2, 0) is 6.18 Å². The summed E-state index contributed by atoms with van der Waals surface area (Å²) in [5.41, 5.74) is 1.22. The monoisotopic (exact) mass is 430 g/mol. The minimum absolute atomic E-state index is 0.113. The molecule has 0 aliphatic carbocycles. The normalized spacial score (nSPS) is 16.9. The molecule has 0 radical (unpaired) electrons. The van der Waals surface area contributed by atoms with Gasteiger partial charge in [0.25, 0.3) is 5.91 Å². The molecule has 162 valence electrons. The third kappa shape index (κ3) is 4.52. The van der Waals surface area contributed by atoms with Gasteiger partial charge in [-0.15, -0.1) is 0 Å². The van der Waals surface area contributed by atoms with Crippen LogP contribution in [0.3, 0.4) is 0 Å². The Hall–Kier alpha value is -3.43. The minimum atomic E-state index is -4.42. The molecule has 0 spiro atoms. The van der Waals surface area contributed by atoms with Crippen molar-refractivity contribution in [1.29, 1.82) is 0 Å². The predicted molar refractivity (Wildman–Crippen MR) is 108 cm³/mol. The maximum atomic E-state index is 13.3. The second-order valence-corrected chi connectivity index (χ2v) is 7.45. The number of anilines is 1. The highest BCUT2D eigenvalue weighted by atomic mass is 19.4. The molecule has 4 rings (SSSR count). The second kappa shape index (κ2) is 8.37. The van der Waals surface area contributed by atoms with Crippen LogP contribution in [0.1, 0.15) is 34.3 Å². The highest BCUT2D eigenvalue weighted by Gasteiger charge is 2.31. The summed E-state index contributed by atoms with van der Waals surface area (Å²) in [5.74, 6) is 0.215. The van der Waals surface area contributed by atoms with Gasteiger partial charge in [-0.25, -0.2) is 4.98 Å². The van der Waals surface area contributed by atoms with E-state index in [0.717, 1.165) is 30.7 Å². The van der Waals surface area contributed by atoms with Crippen LogP contribution in [0.15, 0.2) is 48.9 Å². The Kier molecular flexibility index (Phi) is 5.62.